The maximum Gasteiger partial charge on any atom is 0.472 e. The molecule has 0 rings (SSSR count). The molecule has 0 aromatic rings. The van der Waals surface area contributed by atoms with E-state index in [1.165, 1.54) is 70.6 Å². The fourth-order valence-corrected chi connectivity index (χ4v) is 6.02. The van der Waals surface area contributed by atoms with Gasteiger partial charge in [-0.2, -0.15) is 0 Å². The van der Waals surface area contributed by atoms with E-state index in [4.69, 9.17) is 18.5 Å². The summed E-state index contributed by atoms with van der Waals surface area (Å²) in [5, 5.41) is 2.81. The fraction of sp³-hybridized carbons (Fsp3) is 0.762. The van der Waals surface area contributed by atoms with E-state index in [1.54, 1.807) is 7.05 Å². The van der Waals surface area contributed by atoms with E-state index in [0.717, 1.165) is 64.2 Å². The number of phosphoric ester groups is 1. The van der Waals surface area contributed by atoms with Crippen molar-refractivity contribution in [3.05, 3.63) is 48.6 Å². The van der Waals surface area contributed by atoms with Crippen LogP contribution in [0, 0.1) is 0 Å². The van der Waals surface area contributed by atoms with Gasteiger partial charge in [-0.05, 0) is 77.7 Å². The second-order valence-corrected chi connectivity index (χ2v) is 14.9. The van der Waals surface area contributed by atoms with Crippen molar-refractivity contribution in [2.24, 2.45) is 0 Å². The lowest BCUT2D eigenvalue weighted by Crippen LogP contribution is -2.29. The molecule has 0 spiro atoms. The molecule has 0 saturated carbocycles. The Morgan fingerprint density at radius 2 is 1.06 bits per heavy atom. The predicted octanol–water partition coefficient (Wildman–Crippen LogP) is 11.4. The van der Waals surface area contributed by atoms with Crippen molar-refractivity contribution in [3.8, 4) is 0 Å². The minimum Gasteiger partial charge on any atom is -0.462 e. The summed E-state index contributed by atoms with van der Waals surface area (Å²) in [7, 11) is -2.67. The lowest BCUT2D eigenvalue weighted by atomic mass is 10.1. The van der Waals surface area contributed by atoms with Gasteiger partial charge in [-0.3, -0.25) is 18.6 Å². The molecule has 302 valence electrons. The molecule has 0 heterocycles. The molecule has 0 aliphatic rings. The Kier molecular flexibility index (Phi) is 37.2. The Labute approximate surface area is 318 Å². The standard InChI is InChI=1S/C42H76NO8P/c1-4-6-8-10-12-14-16-18-19-20-21-23-25-27-29-31-33-35-42(45)51-40(39-50-52(46,47)49-37-36-43-3)38-48-41(44)34-32-30-28-26-24-22-17-15-13-11-9-7-5-2/h15,17-19,21,23,27,29,40,43H,4-14,16,20,22,24-26,28,30-39H2,1-3H3,(H,46,47)/b17-15-,19-18-,23-21-,29-27-. The molecule has 0 aromatic carbocycles. The molecule has 0 aromatic heterocycles. The molecule has 10 heteroatoms. The maximum atomic E-state index is 12.6. The molecule has 0 fully saturated rings. The van der Waals surface area contributed by atoms with Crippen molar-refractivity contribution >= 4 is 19.8 Å². The highest BCUT2D eigenvalue weighted by Gasteiger charge is 2.26. The Morgan fingerprint density at radius 3 is 1.63 bits per heavy atom. The summed E-state index contributed by atoms with van der Waals surface area (Å²) in [5.41, 5.74) is 0. The van der Waals surface area contributed by atoms with E-state index in [2.05, 4.69) is 61.7 Å². The zero-order chi connectivity index (χ0) is 38.2. The second-order valence-electron chi connectivity index (χ2n) is 13.5. The van der Waals surface area contributed by atoms with Gasteiger partial charge in [0.05, 0.1) is 13.2 Å². The number of rotatable bonds is 38. The Hall–Kier alpha value is -2.03. The fourth-order valence-electron chi connectivity index (χ4n) is 5.27. The van der Waals surface area contributed by atoms with Crippen LogP contribution in [-0.2, 0) is 32.7 Å². The van der Waals surface area contributed by atoms with Crippen LogP contribution in [0.25, 0.3) is 0 Å². The number of phosphoric acid groups is 1. The van der Waals surface area contributed by atoms with Crippen molar-refractivity contribution in [3.63, 3.8) is 0 Å². The molecule has 9 nitrogen and oxygen atoms in total. The molecule has 0 saturated heterocycles. The summed E-state index contributed by atoms with van der Waals surface area (Å²) < 4.78 is 33.0. The first-order valence-electron chi connectivity index (χ1n) is 20.6. The van der Waals surface area contributed by atoms with Gasteiger partial charge in [0.25, 0.3) is 0 Å². The first kappa shape index (κ1) is 50.0. The van der Waals surface area contributed by atoms with Gasteiger partial charge in [0.2, 0.25) is 0 Å². The molecule has 0 bridgehead atoms. The monoisotopic (exact) mass is 754 g/mol. The first-order valence-corrected chi connectivity index (χ1v) is 22.1. The molecule has 0 amide bonds. The number of hydrogen-bond donors (Lipinski definition) is 2. The predicted molar refractivity (Wildman–Crippen MR) is 215 cm³/mol. The number of likely N-dealkylation sites (N-methyl/N-ethyl adjacent to an activating group) is 1. The molecule has 2 N–H and O–H groups in total. The van der Waals surface area contributed by atoms with Crippen molar-refractivity contribution in [2.45, 2.75) is 174 Å². The summed E-state index contributed by atoms with van der Waals surface area (Å²) in [4.78, 5) is 34.9. The highest BCUT2D eigenvalue weighted by atomic mass is 31.2. The van der Waals surface area contributed by atoms with Gasteiger partial charge in [-0.1, -0.05) is 133 Å². The number of hydrogen-bond acceptors (Lipinski definition) is 8. The van der Waals surface area contributed by atoms with E-state index < -0.39 is 32.5 Å². The lowest BCUT2D eigenvalue weighted by molar-refractivity contribution is -0.161. The highest BCUT2D eigenvalue weighted by molar-refractivity contribution is 7.47. The number of unbranched alkanes of at least 4 members (excludes halogenated alkanes) is 16. The average Bonchev–Trinajstić information content (AvgIpc) is 3.12. The van der Waals surface area contributed by atoms with Crippen LogP contribution < -0.4 is 5.32 Å². The smallest absolute Gasteiger partial charge is 0.462 e. The molecular formula is C42H76NO8P. The van der Waals surface area contributed by atoms with Crippen LogP contribution in [0.2, 0.25) is 0 Å². The molecule has 52 heavy (non-hydrogen) atoms. The van der Waals surface area contributed by atoms with Gasteiger partial charge in [-0.15, -0.1) is 0 Å². The number of nitrogens with one attached hydrogen (secondary N) is 1. The third kappa shape index (κ3) is 37.7. The molecule has 0 radical (unpaired) electrons. The van der Waals surface area contributed by atoms with Gasteiger partial charge in [0.1, 0.15) is 6.61 Å². The normalized spacial score (nSPS) is 13.8. The lowest BCUT2D eigenvalue weighted by Gasteiger charge is -2.20. The summed E-state index contributed by atoms with van der Waals surface area (Å²) in [5.74, 6) is -0.881. The highest BCUT2D eigenvalue weighted by Crippen LogP contribution is 2.43. The Balaban J connectivity index is 4.37. The van der Waals surface area contributed by atoms with E-state index in [-0.39, 0.29) is 26.1 Å². The molecule has 0 aliphatic heterocycles. The Morgan fingerprint density at radius 1 is 0.596 bits per heavy atom. The van der Waals surface area contributed by atoms with Crippen LogP contribution in [0.3, 0.4) is 0 Å². The summed E-state index contributed by atoms with van der Waals surface area (Å²) in [6.45, 7) is 4.12. The topological polar surface area (TPSA) is 120 Å². The number of carbonyl (C=O) groups is 2. The van der Waals surface area contributed by atoms with Crippen molar-refractivity contribution in [1.29, 1.82) is 0 Å². The SMILES string of the molecule is CCCCCC/C=C\CCCCCCCC(=O)OCC(COP(=O)(O)OCCNC)OC(=O)CCC/C=C\C/C=C\C/C=C\CCCCCCCC. The minimum atomic E-state index is -4.36. The van der Waals surface area contributed by atoms with Crippen LogP contribution in [-0.4, -0.2) is 56.3 Å². The zero-order valence-electron chi connectivity index (χ0n) is 33.2. The van der Waals surface area contributed by atoms with E-state index in [1.807, 2.05) is 6.08 Å². The second kappa shape index (κ2) is 38.7. The van der Waals surface area contributed by atoms with Crippen LogP contribution in [0.15, 0.2) is 48.6 Å². The van der Waals surface area contributed by atoms with Crippen molar-refractivity contribution < 1.29 is 37.6 Å². The number of esters is 2. The minimum absolute atomic E-state index is 0.0286. The molecule has 2 unspecified atom stereocenters. The summed E-state index contributed by atoms with van der Waals surface area (Å²) >= 11 is 0. The number of ether oxygens (including phenoxy) is 2. The summed E-state index contributed by atoms with van der Waals surface area (Å²) in [6.07, 6.45) is 41.6. The first-order chi connectivity index (χ1) is 25.3. The Bertz CT molecular complexity index is 996. The number of carbonyl (C=O) groups excluding carboxylic acids is 2. The van der Waals surface area contributed by atoms with Gasteiger partial charge in [0, 0.05) is 19.4 Å². The van der Waals surface area contributed by atoms with Crippen LogP contribution >= 0.6 is 7.82 Å². The largest absolute Gasteiger partial charge is 0.472 e. The maximum absolute atomic E-state index is 12.6. The van der Waals surface area contributed by atoms with E-state index >= 15 is 0 Å². The molecule has 0 aliphatic carbocycles. The molecule has 2 atom stereocenters. The van der Waals surface area contributed by atoms with E-state index in [9.17, 15) is 19.0 Å². The third-order valence-corrected chi connectivity index (χ3v) is 9.41. The van der Waals surface area contributed by atoms with Gasteiger partial charge < -0.3 is 19.7 Å². The number of allylic oxidation sites excluding steroid dienone is 8. The van der Waals surface area contributed by atoms with Crippen molar-refractivity contribution in [2.75, 3.05) is 33.4 Å². The van der Waals surface area contributed by atoms with Gasteiger partial charge >= 0.3 is 19.8 Å². The average molecular weight is 754 g/mol. The summed E-state index contributed by atoms with van der Waals surface area (Å²) in [6, 6.07) is 0. The van der Waals surface area contributed by atoms with Gasteiger partial charge in [0.15, 0.2) is 6.10 Å². The quantitative estimate of drug-likeness (QED) is 0.0275. The van der Waals surface area contributed by atoms with Crippen LogP contribution in [0.1, 0.15) is 168 Å². The van der Waals surface area contributed by atoms with Gasteiger partial charge in [-0.25, -0.2) is 4.57 Å². The van der Waals surface area contributed by atoms with Crippen LogP contribution in [0.5, 0.6) is 0 Å². The zero-order valence-corrected chi connectivity index (χ0v) is 34.1. The molecular weight excluding hydrogens is 677 g/mol. The van der Waals surface area contributed by atoms with Crippen molar-refractivity contribution in [1.82, 2.24) is 5.32 Å². The van der Waals surface area contributed by atoms with Crippen LogP contribution in [0.4, 0.5) is 0 Å². The van der Waals surface area contributed by atoms with E-state index in [0.29, 0.717) is 13.0 Å². The third-order valence-electron chi connectivity index (χ3n) is 8.42.